The Bertz CT molecular complexity index is 574. The zero-order chi connectivity index (χ0) is 11.7. The third-order valence-electron chi connectivity index (χ3n) is 2.13. The lowest BCUT2D eigenvalue weighted by Gasteiger charge is -2.04. The Morgan fingerprint density at radius 1 is 1.25 bits per heavy atom. The molecule has 0 saturated carbocycles. The molecule has 0 fully saturated rings. The molecule has 3 N–H and O–H groups in total. The van der Waals surface area contributed by atoms with E-state index in [1.807, 2.05) is 18.2 Å². The van der Waals surface area contributed by atoms with Gasteiger partial charge in [-0.15, -0.1) is 0 Å². The van der Waals surface area contributed by atoms with Crippen molar-refractivity contribution in [3.05, 3.63) is 49.1 Å². The first-order chi connectivity index (χ1) is 7.56. The summed E-state index contributed by atoms with van der Waals surface area (Å²) in [6, 6.07) is 7.19. The Morgan fingerprint density at radius 3 is 2.56 bits per heavy atom. The number of nitrogens with two attached hydrogens (primary N) is 1. The molecule has 1 aromatic carbocycles. The maximum atomic E-state index is 11.4. The Labute approximate surface area is 109 Å². The number of H-pyrrole nitrogens is 1. The van der Waals surface area contributed by atoms with E-state index in [2.05, 4.69) is 37.0 Å². The average Bonchev–Trinajstić information content (AvgIpc) is 2.51. The average molecular weight is 347 g/mol. The molecule has 84 valence electrons. The summed E-state index contributed by atoms with van der Waals surface area (Å²) >= 11 is 6.80. The normalized spacial score (nSPS) is 10.6. The monoisotopic (exact) mass is 345 g/mol. The van der Waals surface area contributed by atoms with Crippen molar-refractivity contribution in [1.82, 2.24) is 9.78 Å². The number of halogens is 2. The van der Waals surface area contributed by atoms with Gasteiger partial charge in [-0.2, -0.15) is 0 Å². The molecule has 0 atom stereocenters. The lowest BCUT2D eigenvalue weighted by molar-refractivity contribution is 0.666. The second-order valence-corrected chi connectivity index (χ2v) is 5.09. The van der Waals surface area contributed by atoms with Crippen LogP contribution in [0.2, 0.25) is 0 Å². The van der Waals surface area contributed by atoms with Gasteiger partial charge in [-0.05, 0) is 49.6 Å². The highest BCUT2D eigenvalue weighted by atomic mass is 79.9. The number of aromatic nitrogens is 2. The van der Waals surface area contributed by atoms with Crippen LogP contribution in [0.3, 0.4) is 0 Å². The number of rotatable bonds is 2. The topological polar surface area (TPSA) is 63.8 Å². The molecule has 4 nitrogen and oxygen atoms in total. The molecule has 1 aromatic heterocycles. The van der Waals surface area contributed by atoms with Gasteiger partial charge in [-0.25, -0.2) is 4.68 Å². The van der Waals surface area contributed by atoms with Crippen LogP contribution in [0.4, 0.5) is 5.82 Å². The summed E-state index contributed by atoms with van der Waals surface area (Å²) in [6.45, 7) is 0.474. The Kier molecular flexibility index (Phi) is 3.20. The molecule has 6 heteroatoms. The number of hydrogen-bond acceptors (Lipinski definition) is 2. The van der Waals surface area contributed by atoms with Crippen molar-refractivity contribution in [2.45, 2.75) is 6.54 Å². The smallest absolute Gasteiger partial charge is 0.268 e. The molecule has 0 amide bonds. The summed E-state index contributed by atoms with van der Waals surface area (Å²) in [5, 5.41) is 2.78. The van der Waals surface area contributed by atoms with Gasteiger partial charge in [-0.3, -0.25) is 9.89 Å². The maximum absolute atomic E-state index is 11.4. The highest BCUT2D eigenvalue weighted by Crippen LogP contribution is 2.23. The molecular formula is C10H9Br2N3O. The van der Waals surface area contributed by atoms with Gasteiger partial charge in [0, 0.05) is 15.0 Å². The van der Waals surface area contributed by atoms with Gasteiger partial charge in [0.05, 0.1) is 6.54 Å². The van der Waals surface area contributed by atoms with E-state index in [0.717, 1.165) is 14.5 Å². The lowest BCUT2D eigenvalue weighted by Crippen LogP contribution is -2.16. The van der Waals surface area contributed by atoms with Crippen molar-refractivity contribution in [2.75, 3.05) is 5.73 Å². The molecule has 2 rings (SSSR count). The molecule has 2 aromatic rings. The van der Waals surface area contributed by atoms with E-state index < -0.39 is 0 Å². The molecule has 0 bridgehead atoms. The van der Waals surface area contributed by atoms with Crippen LogP contribution in [0, 0.1) is 0 Å². The molecule has 0 aliphatic heterocycles. The number of hydrogen-bond donors (Lipinski definition) is 2. The predicted molar refractivity (Wildman–Crippen MR) is 70.4 cm³/mol. The van der Waals surface area contributed by atoms with Crippen LogP contribution >= 0.6 is 31.9 Å². The quantitative estimate of drug-likeness (QED) is 0.876. The summed E-state index contributed by atoms with van der Waals surface area (Å²) in [6.07, 6.45) is 0. The van der Waals surface area contributed by atoms with Crippen molar-refractivity contribution in [3.8, 4) is 0 Å². The van der Waals surface area contributed by atoms with Crippen molar-refractivity contribution in [1.29, 1.82) is 0 Å². The zero-order valence-corrected chi connectivity index (χ0v) is 11.4. The van der Waals surface area contributed by atoms with Crippen molar-refractivity contribution in [2.24, 2.45) is 0 Å². The molecule has 0 saturated heterocycles. The maximum Gasteiger partial charge on any atom is 0.268 e. The van der Waals surface area contributed by atoms with Crippen molar-refractivity contribution >= 4 is 37.7 Å². The van der Waals surface area contributed by atoms with Crippen molar-refractivity contribution in [3.63, 3.8) is 0 Å². The van der Waals surface area contributed by atoms with Gasteiger partial charge < -0.3 is 5.73 Å². The molecule has 0 spiro atoms. The summed E-state index contributed by atoms with van der Waals surface area (Å²) in [5.41, 5.74) is 6.38. The number of nitrogens with one attached hydrogen (secondary N) is 1. The SMILES string of the molecule is Nc1cc(=O)n(Cc2ccc(Br)c(Br)c2)[nH]1. The predicted octanol–water partition coefficient (Wildman–Crippen LogP) is 2.33. The minimum Gasteiger partial charge on any atom is -0.384 e. The second-order valence-electron chi connectivity index (χ2n) is 3.38. The zero-order valence-electron chi connectivity index (χ0n) is 8.21. The summed E-state index contributed by atoms with van der Waals surface area (Å²) in [7, 11) is 0. The van der Waals surface area contributed by atoms with Crippen LogP contribution in [0.1, 0.15) is 5.56 Å². The van der Waals surface area contributed by atoms with E-state index in [-0.39, 0.29) is 5.56 Å². The van der Waals surface area contributed by atoms with E-state index in [4.69, 9.17) is 5.73 Å². The Morgan fingerprint density at radius 2 is 2.00 bits per heavy atom. The number of aromatic amines is 1. The first kappa shape index (κ1) is 11.5. The number of nitrogens with zero attached hydrogens (tertiary/aromatic N) is 1. The van der Waals surface area contributed by atoms with Crippen LogP contribution in [-0.2, 0) is 6.54 Å². The standard InChI is InChI=1S/C10H9Br2N3O/c11-7-2-1-6(3-8(7)12)5-15-10(16)4-9(13)14-15/h1-4,14H,5,13H2. The number of benzene rings is 1. The lowest BCUT2D eigenvalue weighted by atomic mass is 10.2. The fourth-order valence-corrected chi connectivity index (χ4v) is 2.06. The molecular weight excluding hydrogens is 338 g/mol. The highest BCUT2D eigenvalue weighted by molar-refractivity contribution is 9.13. The van der Waals surface area contributed by atoms with Crippen LogP contribution in [0.25, 0.3) is 0 Å². The van der Waals surface area contributed by atoms with Gasteiger partial charge in [0.25, 0.3) is 5.56 Å². The first-order valence-electron chi connectivity index (χ1n) is 4.55. The molecule has 0 radical (unpaired) electrons. The molecule has 16 heavy (non-hydrogen) atoms. The van der Waals surface area contributed by atoms with E-state index in [9.17, 15) is 4.79 Å². The van der Waals surface area contributed by atoms with E-state index in [0.29, 0.717) is 12.4 Å². The molecule has 0 aliphatic rings. The van der Waals surface area contributed by atoms with Gasteiger partial charge >= 0.3 is 0 Å². The Balaban J connectivity index is 2.30. The highest BCUT2D eigenvalue weighted by Gasteiger charge is 2.03. The molecule has 1 heterocycles. The number of nitrogen functional groups attached to an aromatic ring is 1. The summed E-state index contributed by atoms with van der Waals surface area (Å²) < 4.78 is 3.40. The largest absolute Gasteiger partial charge is 0.384 e. The third-order valence-corrected chi connectivity index (χ3v) is 4.01. The van der Waals surface area contributed by atoms with Crippen LogP contribution < -0.4 is 11.3 Å². The van der Waals surface area contributed by atoms with Crippen LogP contribution in [0.5, 0.6) is 0 Å². The minimum absolute atomic E-state index is 0.128. The van der Waals surface area contributed by atoms with Gasteiger partial charge in [0.2, 0.25) is 0 Å². The number of anilines is 1. The van der Waals surface area contributed by atoms with Gasteiger partial charge in [0.1, 0.15) is 5.82 Å². The molecule has 0 unspecified atom stereocenters. The molecule has 0 aliphatic carbocycles. The van der Waals surface area contributed by atoms with Crippen LogP contribution in [-0.4, -0.2) is 9.78 Å². The summed E-state index contributed by atoms with van der Waals surface area (Å²) in [4.78, 5) is 11.4. The van der Waals surface area contributed by atoms with Gasteiger partial charge in [0.15, 0.2) is 0 Å². The minimum atomic E-state index is -0.128. The second kappa shape index (κ2) is 4.47. The van der Waals surface area contributed by atoms with E-state index in [1.54, 1.807) is 0 Å². The summed E-state index contributed by atoms with van der Waals surface area (Å²) in [5.74, 6) is 0.376. The Hall–Kier alpha value is -1.01. The van der Waals surface area contributed by atoms with Crippen LogP contribution in [0.15, 0.2) is 38.0 Å². The first-order valence-corrected chi connectivity index (χ1v) is 6.14. The fourth-order valence-electron chi connectivity index (χ4n) is 1.39. The van der Waals surface area contributed by atoms with E-state index in [1.165, 1.54) is 10.7 Å². The third kappa shape index (κ3) is 2.38. The fraction of sp³-hybridized carbons (Fsp3) is 0.100. The van der Waals surface area contributed by atoms with E-state index >= 15 is 0 Å². The van der Waals surface area contributed by atoms with Crippen molar-refractivity contribution < 1.29 is 0 Å². The van der Waals surface area contributed by atoms with Gasteiger partial charge in [-0.1, -0.05) is 6.07 Å².